The van der Waals surface area contributed by atoms with Crippen molar-refractivity contribution in [1.82, 2.24) is 9.97 Å². The summed E-state index contributed by atoms with van der Waals surface area (Å²) < 4.78 is 24.3. The lowest BCUT2D eigenvalue weighted by molar-refractivity contribution is 0.672. The third-order valence-corrected chi connectivity index (χ3v) is 5.97. The normalized spacial score (nSPS) is 14.3. The van der Waals surface area contributed by atoms with E-state index in [0.29, 0.717) is 21.4 Å². The Morgan fingerprint density at radius 1 is 0.727 bits per heavy atom. The summed E-state index contributed by atoms with van der Waals surface area (Å²) in [6, 6.07) is 10.8. The van der Waals surface area contributed by atoms with Gasteiger partial charge in [0.25, 0.3) is 0 Å². The zero-order valence-corrected chi connectivity index (χ0v) is 14.8. The van der Waals surface area contributed by atoms with Crippen LogP contribution in [0.4, 0.5) is 0 Å². The molecule has 118 valence electrons. The first-order valence-corrected chi connectivity index (χ1v) is 9.58. The third-order valence-electron chi connectivity index (χ3n) is 2.98. The summed E-state index contributed by atoms with van der Waals surface area (Å²) in [7, 11) is -2.28. The summed E-state index contributed by atoms with van der Waals surface area (Å²) in [6.45, 7) is 7.59. The number of pyridine rings is 2. The first-order chi connectivity index (χ1) is 10.4. The third kappa shape index (κ3) is 3.87. The van der Waals surface area contributed by atoms with Gasteiger partial charge >= 0.3 is 0 Å². The van der Waals surface area contributed by atoms with Crippen molar-refractivity contribution < 1.29 is 8.42 Å². The van der Waals surface area contributed by atoms with Gasteiger partial charge in [-0.15, -0.1) is 0 Å². The molecule has 22 heavy (non-hydrogen) atoms. The topological polar surface area (TPSA) is 59.9 Å². The predicted molar refractivity (Wildman–Crippen MR) is 90.6 cm³/mol. The summed E-state index contributed by atoms with van der Waals surface area (Å²) in [4.78, 5) is 8.90. The molecular formula is C16H20N2O2S2. The molecule has 0 radical (unpaired) electrons. The molecule has 0 saturated carbocycles. The minimum atomic E-state index is -1.14. The Labute approximate surface area is 136 Å². The van der Waals surface area contributed by atoms with Crippen molar-refractivity contribution in [2.45, 2.75) is 48.2 Å². The van der Waals surface area contributed by atoms with Crippen LogP contribution in [0.1, 0.15) is 27.7 Å². The fraction of sp³-hybridized carbons (Fsp3) is 0.375. The molecule has 2 heterocycles. The molecule has 2 unspecified atom stereocenters. The second-order valence-electron chi connectivity index (χ2n) is 5.41. The first-order valence-electron chi connectivity index (χ1n) is 7.15. The molecule has 0 fully saturated rings. The van der Waals surface area contributed by atoms with Crippen molar-refractivity contribution >= 4 is 21.6 Å². The van der Waals surface area contributed by atoms with Gasteiger partial charge < -0.3 is 0 Å². The van der Waals surface area contributed by atoms with Crippen LogP contribution >= 0.6 is 0 Å². The van der Waals surface area contributed by atoms with Crippen LogP contribution < -0.4 is 0 Å². The van der Waals surface area contributed by atoms with Crippen LogP contribution in [0, 0.1) is 0 Å². The van der Waals surface area contributed by atoms with Crippen LogP contribution in [0.3, 0.4) is 0 Å². The molecule has 6 heteroatoms. The average molecular weight is 336 g/mol. The number of aromatic nitrogens is 2. The van der Waals surface area contributed by atoms with Gasteiger partial charge in [-0.2, -0.15) is 0 Å². The van der Waals surface area contributed by atoms with Crippen molar-refractivity contribution in [1.29, 1.82) is 0 Å². The quantitative estimate of drug-likeness (QED) is 0.841. The lowest BCUT2D eigenvalue weighted by Gasteiger charge is -2.08. The van der Waals surface area contributed by atoms with Gasteiger partial charge in [0.1, 0.15) is 10.1 Å². The minimum Gasteiger partial charge on any atom is -0.252 e. The van der Waals surface area contributed by atoms with Crippen LogP contribution in [0.15, 0.2) is 46.5 Å². The predicted octanol–water partition coefficient (Wildman–Crippen LogP) is 3.18. The van der Waals surface area contributed by atoms with E-state index in [1.807, 2.05) is 52.0 Å². The molecule has 2 rings (SSSR count). The monoisotopic (exact) mass is 336 g/mol. The van der Waals surface area contributed by atoms with Gasteiger partial charge in [-0.25, -0.2) is 9.97 Å². The Kier molecular flexibility index (Phi) is 5.58. The van der Waals surface area contributed by atoms with Crippen LogP contribution in [0.2, 0.25) is 0 Å². The van der Waals surface area contributed by atoms with E-state index in [0.717, 1.165) is 0 Å². The molecule has 0 aromatic carbocycles. The van der Waals surface area contributed by atoms with Gasteiger partial charge in [0, 0.05) is 10.5 Å². The lowest BCUT2D eigenvalue weighted by atomic mass is 10.2. The van der Waals surface area contributed by atoms with E-state index >= 15 is 0 Å². The second-order valence-corrected chi connectivity index (χ2v) is 9.33. The summed E-state index contributed by atoms with van der Waals surface area (Å²) in [5, 5.41) is 1.11. The Morgan fingerprint density at radius 3 is 1.41 bits per heavy atom. The number of nitrogens with zero attached hydrogens (tertiary/aromatic N) is 2. The highest BCUT2D eigenvalue weighted by Crippen LogP contribution is 2.19. The first kappa shape index (κ1) is 17.0. The molecule has 4 nitrogen and oxygen atoms in total. The smallest absolute Gasteiger partial charge is 0.128 e. The summed E-state index contributed by atoms with van der Waals surface area (Å²) in [5.74, 6) is 0. The van der Waals surface area contributed by atoms with Gasteiger partial charge in [-0.1, -0.05) is 39.8 Å². The van der Waals surface area contributed by atoms with E-state index in [1.54, 1.807) is 12.1 Å². The Balaban J connectivity index is 2.41. The van der Waals surface area contributed by atoms with Crippen molar-refractivity contribution in [3.8, 4) is 11.4 Å². The SMILES string of the molecule is CC(C)S(=O)c1cccc(-c2cccc(S(=O)C(C)C)n2)n1. The zero-order valence-electron chi connectivity index (χ0n) is 13.1. The molecule has 2 atom stereocenters. The number of rotatable bonds is 5. The number of hydrogen-bond acceptors (Lipinski definition) is 4. The molecule has 0 bridgehead atoms. The van der Waals surface area contributed by atoms with Crippen LogP contribution in [-0.4, -0.2) is 28.9 Å². The van der Waals surface area contributed by atoms with Crippen LogP contribution in [0.5, 0.6) is 0 Å². The highest BCUT2D eigenvalue weighted by Gasteiger charge is 2.14. The van der Waals surface area contributed by atoms with Gasteiger partial charge in [0.2, 0.25) is 0 Å². The molecule has 0 aliphatic rings. The maximum absolute atomic E-state index is 12.2. The van der Waals surface area contributed by atoms with Crippen molar-refractivity contribution in [3.05, 3.63) is 36.4 Å². The lowest BCUT2D eigenvalue weighted by Crippen LogP contribution is -2.09. The van der Waals surface area contributed by atoms with Gasteiger partial charge in [-0.05, 0) is 24.3 Å². The standard InChI is InChI=1S/C16H20N2O2S2/c1-11(2)21(19)15-9-5-7-13(17-15)14-8-6-10-16(18-14)22(20)12(3)4/h5-12H,1-4H3. The highest BCUT2D eigenvalue weighted by molar-refractivity contribution is 7.85. The largest absolute Gasteiger partial charge is 0.252 e. The summed E-state index contributed by atoms with van der Waals surface area (Å²) in [5.41, 5.74) is 1.29. The molecule has 0 saturated heterocycles. The number of hydrogen-bond donors (Lipinski definition) is 0. The van der Waals surface area contributed by atoms with Crippen molar-refractivity contribution in [3.63, 3.8) is 0 Å². The molecule has 0 aliphatic heterocycles. The Hall–Kier alpha value is -1.40. The van der Waals surface area contributed by atoms with Gasteiger partial charge in [0.05, 0.1) is 33.0 Å². The summed E-state index contributed by atoms with van der Waals surface area (Å²) in [6.07, 6.45) is 0. The Bertz CT molecular complexity index is 653. The molecular weight excluding hydrogens is 316 g/mol. The van der Waals surface area contributed by atoms with E-state index in [2.05, 4.69) is 9.97 Å². The van der Waals surface area contributed by atoms with E-state index in [4.69, 9.17) is 0 Å². The fourth-order valence-corrected chi connectivity index (χ4v) is 3.59. The van der Waals surface area contributed by atoms with Crippen LogP contribution in [0.25, 0.3) is 11.4 Å². The van der Waals surface area contributed by atoms with E-state index in [9.17, 15) is 8.42 Å². The van der Waals surface area contributed by atoms with Gasteiger partial charge in [0.15, 0.2) is 0 Å². The fourth-order valence-electron chi connectivity index (χ4n) is 1.82. The van der Waals surface area contributed by atoms with Gasteiger partial charge in [-0.3, -0.25) is 8.42 Å². The molecule has 2 aromatic rings. The highest BCUT2D eigenvalue weighted by atomic mass is 32.2. The van der Waals surface area contributed by atoms with Crippen LogP contribution in [-0.2, 0) is 21.6 Å². The van der Waals surface area contributed by atoms with Crippen molar-refractivity contribution in [2.75, 3.05) is 0 Å². The zero-order chi connectivity index (χ0) is 16.3. The van der Waals surface area contributed by atoms with E-state index in [1.165, 1.54) is 0 Å². The molecule has 0 spiro atoms. The average Bonchev–Trinajstić information content (AvgIpc) is 2.53. The molecule has 0 aliphatic carbocycles. The minimum absolute atomic E-state index is 0.00971. The molecule has 2 aromatic heterocycles. The second kappa shape index (κ2) is 7.24. The molecule has 0 N–H and O–H groups in total. The summed E-state index contributed by atoms with van der Waals surface area (Å²) >= 11 is 0. The van der Waals surface area contributed by atoms with E-state index < -0.39 is 21.6 Å². The van der Waals surface area contributed by atoms with Crippen molar-refractivity contribution in [2.24, 2.45) is 0 Å². The molecule has 0 amide bonds. The maximum Gasteiger partial charge on any atom is 0.128 e. The maximum atomic E-state index is 12.2. The van der Waals surface area contributed by atoms with E-state index in [-0.39, 0.29) is 10.5 Å². The Morgan fingerprint density at radius 2 is 1.09 bits per heavy atom.